The van der Waals surface area contributed by atoms with E-state index in [4.69, 9.17) is 34.8 Å². The quantitative estimate of drug-likeness (QED) is 0.837. The van der Waals surface area contributed by atoms with Crippen molar-refractivity contribution < 1.29 is 0 Å². The minimum Gasteiger partial charge on any atom is -0.328 e. The summed E-state index contributed by atoms with van der Waals surface area (Å²) >= 11 is 17.7. The Morgan fingerprint density at radius 3 is 2.25 bits per heavy atom. The average molecular weight is 275 g/mol. The van der Waals surface area contributed by atoms with E-state index in [1.54, 1.807) is 24.3 Å². The second kappa shape index (κ2) is 4.50. The van der Waals surface area contributed by atoms with Gasteiger partial charge < -0.3 is 4.98 Å². The molecule has 0 aliphatic rings. The monoisotopic (exact) mass is 273 g/mol. The zero-order chi connectivity index (χ0) is 11.7. The fourth-order valence-electron chi connectivity index (χ4n) is 1.39. The van der Waals surface area contributed by atoms with Crippen LogP contribution in [-0.4, -0.2) is 4.98 Å². The SMILES string of the molecule is O=c1[nH]ccc(-c2cc(Cl)cc(Cl)c2)c1Cl. The van der Waals surface area contributed by atoms with E-state index in [0.717, 1.165) is 0 Å². The topological polar surface area (TPSA) is 32.9 Å². The molecule has 0 fully saturated rings. The van der Waals surface area contributed by atoms with Crippen LogP contribution in [0.1, 0.15) is 0 Å². The Labute approximate surface area is 107 Å². The molecule has 0 amide bonds. The molecule has 0 unspecified atom stereocenters. The number of hydrogen-bond donors (Lipinski definition) is 1. The summed E-state index contributed by atoms with van der Waals surface area (Å²) in [6.07, 6.45) is 1.53. The van der Waals surface area contributed by atoms with Gasteiger partial charge in [0.05, 0.1) is 0 Å². The summed E-state index contributed by atoms with van der Waals surface area (Å²) in [6, 6.07) is 6.72. The van der Waals surface area contributed by atoms with Gasteiger partial charge in [0, 0.05) is 21.8 Å². The Kier molecular flexibility index (Phi) is 3.24. The Balaban J connectivity index is 2.67. The minimum absolute atomic E-state index is 0.126. The van der Waals surface area contributed by atoms with E-state index in [0.29, 0.717) is 21.2 Å². The number of rotatable bonds is 1. The van der Waals surface area contributed by atoms with Crippen molar-refractivity contribution in [1.29, 1.82) is 0 Å². The smallest absolute Gasteiger partial charge is 0.267 e. The highest BCUT2D eigenvalue weighted by atomic mass is 35.5. The normalized spacial score (nSPS) is 10.4. The summed E-state index contributed by atoms with van der Waals surface area (Å²) in [5, 5.41) is 1.12. The molecule has 0 radical (unpaired) electrons. The first-order valence-electron chi connectivity index (χ1n) is 4.41. The Hall–Kier alpha value is -0.960. The summed E-state index contributed by atoms with van der Waals surface area (Å²) in [7, 11) is 0. The van der Waals surface area contributed by atoms with Gasteiger partial charge in [-0.1, -0.05) is 34.8 Å². The van der Waals surface area contributed by atoms with E-state index in [1.165, 1.54) is 6.20 Å². The molecule has 2 rings (SSSR count). The Morgan fingerprint density at radius 2 is 1.62 bits per heavy atom. The first-order chi connectivity index (χ1) is 7.58. The minimum atomic E-state index is -0.338. The van der Waals surface area contributed by atoms with Gasteiger partial charge in [-0.3, -0.25) is 4.79 Å². The van der Waals surface area contributed by atoms with Crippen LogP contribution in [0.5, 0.6) is 0 Å². The van der Waals surface area contributed by atoms with Crippen molar-refractivity contribution in [3.63, 3.8) is 0 Å². The summed E-state index contributed by atoms with van der Waals surface area (Å²) in [4.78, 5) is 13.8. The molecule has 1 heterocycles. The number of halogens is 3. The second-order valence-electron chi connectivity index (χ2n) is 3.19. The number of aromatic nitrogens is 1. The third-order valence-electron chi connectivity index (χ3n) is 2.07. The van der Waals surface area contributed by atoms with Crippen molar-refractivity contribution in [1.82, 2.24) is 4.98 Å². The maximum Gasteiger partial charge on any atom is 0.267 e. The van der Waals surface area contributed by atoms with Crippen molar-refractivity contribution >= 4 is 34.8 Å². The lowest BCUT2D eigenvalue weighted by Gasteiger charge is -2.04. The predicted molar refractivity (Wildman–Crippen MR) is 67.5 cm³/mol. The predicted octanol–water partition coefficient (Wildman–Crippen LogP) is 4.00. The molecule has 0 saturated heterocycles. The maximum atomic E-state index is 11.3. The van der Waals surface area contributed by atoms with Crippen LogP contribution < -0.4 is 5.56 Å². The number of nitrogens with one attached hydrogen (secondary N) is 1. The molecule has 0 saturated carbocycles. The van der Waals surface area contributed by atoms with Crippen molar-refractivity contribution in [3.05, 3.63) is 55.9 Å². The van der Waals surface area contributed by atoms with Crippen LogP contribution in [0.3, 0.4) is 0 Å². The summed E-state index contributed by atoms with van der Waals surface area (Å²) in [6.45, 7) is 0. The van der Waals surface area contributed by atoms with Gasteiger partial charge in [0.15, 0.2) is 0 Å². The number of H-pyrrole nitrogens is 1. The van der Waals surface area contributed by atoms with E-state index in [1.807, 2.05) is 0 Å². The molecule has 1 N–H and O–H groups in total. The van der Waals surface area contributed by atoms with Gasteiger partial charge in [-0.25, -0.2) is 0 Å². The van der Waals surface area contributed by atoms with Gasteiger partial charge in [-0.15, -0.1) is 0 Å². The van der Waals surface area contributed by atoms with Gasteiger partial charge in [0.2, 0.25) is 0 Å². The standard InChI is InChI=1S/C11H6Cl3NO/c12-7-3-6(4-8(13)5-7)9-1-2-15-11(16)10(9)14/h1-5H,(H,15,16). The van der Waals surface area contributed by atoms with Crippen LogP contribution in [0.4, 0.5) is 0 Å². The van der Waals surface area contributed by atoms with Crippen molar-refractivity contribution in [2.24, 2.45) is 0 Å². The maximum absolute atomic E-state index is 11.3. The molecule has 0 spiro atoms. The molecular weight excluding hydrogens is 268 g/mol. The summed E-state index contributed by atoms with van der Waals surface area (Å²) in [5.74, 6) is 0. The molecule has 2 aromatic rings. The highest BCUT2D eigenvalue weighted by molar-refractivity contribution is 6.36. The average Bonchev–Trinajstić information content (AvgIpc) is 2.20. The molecular formula is C11H6Cl3NO. The lowest BCUT2D eigenvalue weighted by molar-refractivity contribution is 1.24. The van der Waals surface area contributed by atoms with Gasteiger partial charge >= 0.3 is 0 Å². The molecule has 0 aliphatic heterocycles. The van der Waals surface area contributed by atoms with E-state index in [-0.39, 0.29) is 10.6 Å². The van der Waals surface area contributed by atoms with E-state index in [9.17, 15) is 4.79 Å². The zero-order valence-electron chi connectivity index (χ0n) is 7.93. The molecule has 1 aromatic carbocycles. The fraction of sp³-hybridized carbons (Fsp3) is 0. The third-order valence-corrected chi connectivity index (χ3v) is 2.89. The largest absolute Gasteiger partial charge is 0.328 e. The van der Waals surface area contributed by atoms with Crippen molar-refractivity contribution in [2.45, 2.75) is 0 Å². The third kappa shape index (κ3) is 2.24. The van der Waals surface area contributed by atoms with Crippen LogP contribution in [0, 0.1) is 0 Å². The van der Waals surface area contributed by atoms with Crippen LogP contribution in [-0.2, 0) is 0 Å². The molecule has 16 heavy (non-hydrogen) atoms. The fourth-order valence-corrected chi connectivity index (χ4v) is 2.14. The second-order valence-corrected chi connectivity index (χ2v) is 4.44. The van der Waals surface area contributed by atoms with E-state index >= 15 is 0 Å². The Bertz CT molecular complexity index is 572. The highest BCUT2D eigenvalue weighted by Gasteiger charge is 2.08. The molecule has 82 valence electrons. The summed E-state index contributed by atoms with van der Waals surface area (Å²) < 4.78 is 0. The molecule has 1 aromatic heterocycles. The van der Waals surface area contributed by atoms with Crippen molar-refractivity contribution in [2.75, 3.05) is 0 Å². The number of aromatic amines is 1. The lowest BCUT2D eigenvalue weighted by atomic mass is 10.1. The zero-order valence-corrected chi connectivity index (χ0v) is 10.2. The van der Waals surface area contributed by atoms with Crippen LogP contribution in [0.2, 0.25) is 15.1 Å². The highest BCUT2D eigenvalue weighted by Crippen LogP contribution is 2.29. The molecule has 0 atom stereocenters. The van der Waals surface area contributed by atoms with E-state index in [2.05, 4.69) is 4.98 Å². The van der Waals surface area contributed by atoms with Gasteiger partial charge in [0.1, 0.15) is 5.02 Å². The first-order valence-corrected chi connectivity index (χ1v) is 5.55. The number of benzene rings is 1. The Morgan fingerprint density at radius 1 is 1.00 bits per heavy atom. The van der Waals surface area contributed by atoms with Gasteiger partial charge in [-0.05, 0) is 29.8 Å². The summed E-state index contributed by atoms with van der Waals surface area (Å²) in [5.41, 5.74) is 0.985. The lowest BCUT2D eigenvalue weighted by Crippen LogP contribution is -2.05. The number of pyridine rings is 1. The number of hydrogen-bond acceptors (Lipinski definition) is 1. The molecule has 5 heteroatoms. The van der Waals surface area contributed by atoms with E-state index < -0.39 is 0 Å². The van der Waals surface area contributed by atoms with Crippen LogP contribution in [0.25, 0.3) is 11.1 Å². The van der Waals surface area contributed by atoms with Crippen LogP contribution in [0.15, 0.2) is 35.3 Å². The first kappa shape index (κ1) is 11.5. The molecule has 0 aliphatic carbocycles. The molecule has 2 nitrogen and oxygen atoms in total. The molecule has 0 bridgehead atoms. The van der Waals surface area contributed by atoms with Gasteiger partial charge in [-0.2, -0.15) is 0 Å². The van der Waals surface area contributed by atoms with Crippen molar-refractivity contribution in [3.8, 4) is 11.1 Å². The van der Waals surface area contributed by atoms with Gasteiger partial charge in [0.25, 0.3) is 5.56 Å². The van der Waals surface area contributed by atoms with Crippen LogP contribution >= 0.6 is 34.8 Å².